The fourth-order valence-corrected chi connectivity index (χ4v) is 1.87. The second-order valence-electron chi connectivity index (χ2n) is 6.03. The van der Waals surface area contributed by atoms with Gasteiger partial charge in [-0.2, -0.15) is 10.1 Å². The summed E-state index contributed by atoms with van der Waals surface area (Å²) in [6.07, 6.45) is 0.830. The molecule has 0 aliphatic heterocycles. The van der Waals surface area contributed by atoms with Gasteiger partial charge in [-0.3, -0.25) is 14.7 Å². The number of hydrogen-bond donors (Lipinski definition) is 1. The first-order valence-corrected chi connectivity index (χ1v) is 7.14. The van der Waals surface area contributed by atoms with E-state index < -0.39 is 11.7 Å². The molecule has 1 N–H and O–H groups in total. The van der Waals surface area contributed by atoms with Gasteiger partial charge < -0.3 is 9.47 Å². The van der Waals surface area contributed by atoms with E-state index in [1.165, 1.54) is 13.2 Å². The Balaban J connectivity index is 2.37. The van der Waals surface area contributed by atoms with Crippen molar-refractivity contribution in [2.24, 2.45) is 0 Å². The van der Waals surface area contributed by atoms with Crippen LogP contribution in [0.2, 0.25) is 0 Å². The van der Waals surface area contributed by atoms with Gasteiger partial charge in [0.25, 0.3) is 5.56 Å². The van der Waals surface area contributed by atoms with E-state index in [0.29, 0.717) is 24.2 Å². The van der Waals surface area contributed by atoms with E-state index in [9.17, 15) is 9.59 Å². The van der Waals surface area contributed by atoms with Gasteiger partial charge in [0.1, 0.15) is 11.0 Å². The fourth-order valence-electron chi connectivity index (χ4n) is 1.87. The maximum absolute atomic E-state index is 12.1. The second kappa shape index (κ2) is 6.37. The van der Waals surface area contributed by atoms with Gasteiger partial charge in [-0.25, -0.2) is 9.48 Å². The minimum absolute atomic E-state index is 0.0934. The Hall–Kier alpha value is -2.42. The molecule has 2 rings (SSSR count). The van der Waals surface area contributed by atoms with E-state index >= 15 is 0 Å². The molecule has 0 aliphatic rings. The molecule has 126 valence electrons. The molecule has 23 heavy (non-hydrogen) atoms. The van der Waals surface area contributed by atoms with Gasteiger partial charge in [0.15, 0.2) is 5.65 Å². The smallest absolute Gasteiger partial charge is 0.416 e. The number of nitrogens with one attached hydrogen (secondary N) is 1. The van der Waals surface area contributed by atoms with E-state index in [1.807, 2.05) is 0 Å². The third-order valence-electron chi connectivity index (χ3n) is 2.99. The molecule has 9 heteroatoms. The average Bonchev–Trinajstić information content (AvgIpc) is 2.86. The number of fused-ring (bicyclic) bond motifs is 1. The van der Waals surface area contributed by atoms with Crippen LogP contribution in [0.5, 0.6) is 0 Å². The van der Waals surface area contributed by atoms with Gasteiger partial charge in [0.05, 0.1) is 19.3 Å². The van der Waals surface area contributed by atoms with Gasteiger partial charge in [-0.15, -0.1) is 0 Å². The molecule has 9 nitrogen and oxygen atoms in total. The Bertz CT molecular complexity index is 759. The van der Waals surface area contributed by atoms with Crippen LogP contribution < -0.4 is 10.5 Å². The minimum Gasteiger partial charge on any atom is -0.443 e. The number of nitrogens with zero attached hydrogens (tertiary/aromatic N) is 4. The molecular formula is C14H21N5O4. The van der Waals surface area contributed by atoms with Crippen molar-refractivity contribution >= 4 is 23.1 Å². The van der Waals surface area contributed by atoms with Gasteiger partial charge in [-0.1, -0.05) is 0 Å². The van der Waals surface area contributed by atoms with E-state index in [2.05, 4.69) is 15.1 Å². The van der Waals surface area contributed by atoms with Gasteiger partial charge in [-0.05, 0) is 20.8 Å². The predicted molar refractivity (Wildman–Crippen MR) is 84.7 cm³/mol. The lowest BCUT2D eigenvalue weighted by atomic mass is 10.2. The first-order valence-electron chi connectivity index (χ1n) is 7.14. The lowest BCUT2D eigenvalue weighted by Gasteiger charge is -2.23. The van der Waals surface area contributed by atoms with Crippen LogP contribution in [0.3, 0.4) is 0 Å². The summed E-state index contributed by atoms with van der Waals surface area (Å²) in [5.74, 6) is 0.0934. The Labute approximate surface area is 133 Å². The van der Waals surface area contributed by atoms with Crippen LogP contribution in [0.4, 0.5) is 10.7 Å². The number of ether oxygens (including phenoxy) is 2. The van der Waals surface area contributed by atoms with Crippen molar-refractivity contribution < 1.29 is 14.3 Å². The van der Waals surface area contributed by atoms with E-state index in [1.54, 1.807) is 32.6 Å². The fraction of sp³-hybridized carbons (Fsp3) is 0.571. The van der Waals surface area contributed by atoms with Crippen molar-refractivity contribution in [3.63, 3.8) is 0 Å². The molecule has 2 aromatic heterocycles. The molecule has 0 saturated heterocycles. The van der Waals surface area contributed by atoms with Crippen LogP contribution in [0, 0.1) is 0 Å². The second-order valence-corrected chi connectivity index (χ2v) is 6.03. The molecule has 2 heterocycles. The quantitative estimate of drug-likeness (QED) is 0.905. The maximum atomic E-state index is 12.1. The molecule has 0 bridgehead atoms. The standard InChI is InChI=1S/C14H21N5O4/c1-14(2,3)23-13(21)18(4)12-16-10-9(11(20)17-12)8-15-19(10)6-7-22-5/h8H,6-7H2,1-5H3,(H,16,17,20). The van der Waals surface area contributed by atoms with Crippen molar-refractivity contribution in [2.45, 2.75) is 32.9 Å². The summed E-state index contributed by atoms with van der Waals surface area (Å²) in [4.78, 5) is 32.3. The molecule has 0 unspecified atom stereocenters. The Morgan fingerprint density at radius 2 is 2.13 bits per heavy atom. The van der Waals surface area contributed by atoms with Crippen LogP contribution >= 0.6 is 0 Å². The lowest BCUT2D eigenvalue weighted by molar-refractivity contribution is 0.0587. The zero-order valence-corrected chi connectivity index (χ0v) is 13.9. The third kappa shape index (κ3) is 3.86. The maximum Gasteiger partial charge on any atom is 0.416 e. The molecule has 0 fully saturated rings. The number of aromatic amines is 1. The summed E-state index contributed by atoms with van der Waals surface area (Å²) in [6, 6.07) is 0. The highest BCUT2D eigenvalue weighted by molar-refractivity contribution is 5.86. The highest BCUT2D eigenvalue weighted by Gasteiger charge is 2.23. The Morgan fingerprint density at radius 3 is 2.74 bits per heavy atom. The number of hydrogen-bond acceptors (Lipinski definition) is 6. The first kappa shape index (κ1) is 16.9. The normalized spacial score (nSPS) is 11.7. The van der Waals surface area contributed by atoms with E-state index in [-0.39, 0.29) is 11.5 Å². The molecule has 0 spiro atoms. The van der Waals surface area contributed by atoms with Gasteiger partial charge in [0, 0.05) is 14.2 Å². The number of amides is 1. The monoisotopic (exact) mass is 323 g/mol. The highest BCUT2D eigenvalue weighted by atomic mass is 16.6. The van der Waals surface area contributed by atoms with E-state index in [0.717, 1.165) is 4.90 Å². The summed E-state index contributed by atoms with van der Waals surface area (Å²) < 4.78 is 11.8. The van der Waals surface area contributed by atoms with Gasteiger partial charge in [0.2, 0.25) is 5.95 Å². The van der Waals surface area contributed by atoms with Crippen LogP contribution in [0.25, 0.3) is 11.0 Å². The number of carbonyl (C=O) groups is 1. The summed E-state index contributed by atoms with van der Waals surface area (Å²) in [7, 11) is 3.06. The van der Waals surface area contributed by atoms with Crippen molar-refractivity contribution in [1.82, 2.24) is 19.7 Å². The zero-order chi connectivity index (χ0) is 17.2. The van der Waals surface area contributed by atoms with Crippen molar-refractivity contribution in [2.75, 3.05) is 25.7 Å². The summed E-state index contributed by atoms with van der Waals surface area (Å²) in [5, 5.41) is 4.47. The molecular weight excluding hydrogens is 302 g/mol. The molecule has 0 atom stereocenters. The Morgan fingerprint density at radius 1 is 1.43 bits per heavy atom. The summed E-state index contributed by atoms with van der Waals surface area (Å²) in [5.41, 5.74) is -0.629. The molecule has 1 amide bonds. The van der Waals surface area contributed by atoms with E-state index in [4.69, 9.17) is 9.47 Å². The number of rotatable bonds is 4. The summed E-state index contributed by atoms with van der Waals surface area (Å²) in [6.45, 7) is 6.17. The molecule has 2 aromatic rings. The third-order valence-corrected chi connectivity index (χ3v) is 2.99. The molecule has 0 aromatic carbocycles. The average molecular weight is 323 g/mol. The number of H-pyrrole nitrogens is 1. The number of anilines is 1. The molecule has 0 radical (unpaired) electrons. The van der Waals surface area contributed by atoms with Crippen molar-refractivity contribution in [3.8, 4) is 0 Å². The SMILES string of the molecule is COCCn1ncc2c(=O)[nH]c(N(C)C(=O)OC(C)(C)C)nc21. The van der Waals surface area contributed by atoms with Crippen LogP contribution in [-0.2, 0) is 16.0 Å². The largest absolute Gasteiger partial charge is 0.443 e. The number of carbonyl (C=O) groups excluding carboxylic acids is 1. The lowest BCUT2D eigenvalue weighted by Crippen LogP contribution is -2.36. The van der Waals surface area contributed by atoms with Crippen LogP contribution in [0.1, 0.15) is 20.8 Å². The first-order chi connectivity index (χ1) is 10.7. The summed E-state index contributed by atoms with van der Waals surface area (Å²) >= 11 is 0. The molecule has 0 aliphatic carbocycles. The van der Waals surface area contributed by atoms with Crippen molar-refractivity contribution in [1.29, 1.82) is 0 Å². The van der Waals surface area contributed by atoms with Crippen molar-refractivity contribution in [3.05, 3.63) is 16.6 Å². The molecule has 0 saturated carbocycles. The predicted octanol–water partition coefficient (Wildman–Crippen LogP) is 1.14. The van der Waals surface area contributed by atoms with Gasteiger partial charge >= 0.3 is 6.09 Å². The minimum atomic E-state index is -0.643. The zero-order valence-electron chi connectivity index (χ0n) is 13.9. The topological polar surface area (TPSA) is 102 Å². The van der Waals surface area contributed by atoms with Crippen LogP contribution in [-0.4, -0.2) is 52.2 Å². The Kier molecular flexibility index (Phi) is 4.69. The highest BCUT2D eigenvalue weighted by Crippen LogP contribution is 2.14. The number of methoxy groups -OCH3 is 1. The van der Waals surface area contributed by atoms with Crippen LogP contribution in [0.15, 0.2) is 11.0 Å². The number of aromatic nitrogens is 4.